The third-order valence-electron chi connectivity index (χ3n) is 4.04. The Hall–Kier alpha value is -1.14. The lowest BCUT2D eigenvalue weighted by Crippen LogP contribution is -2.57. The van der Waals surface area contributed by atoms with Crippen LogP contribution in [-0.2, 0) is 9.59 Å². The highest BCUT2D eigenvalue weighted by Crippen LogP contribution is 2.39. The minimum atomic E-state index is -0.786. The number of aliphatic hydroxyl groups is 1. The molecule has 1 aliphatic heterocycles. The highest BCUT2D eigenvalue weighted by Gasteiger charge is 2.44. The zero-order valence-corrected chi connectivity index (χ0v) is 9.82. The van der Waals surface area contributed by atoms with Crippen molar-refractivity contribution < 1.29 is 14.7 Å². The number of likely N-dealkylation sites (tertiary alicyclic amines) is 1. The Morgan fingerprint density at radius 1 is 1.35 bits per heavy atom. The van der Waals surface area contributed by atoms with E-state index < -0.39 is 17.4 Å². The Morgan fingerprint density at radius 3 is 2.82 bits per heavy atom. The predicted molar refractivity (Wildman–Crippen MR) is 60.4 cm³/mol. The first kappa shape index (κ1) is 12.3. The molecule has 2 amide bonds. The Morgan fingerprint density at radius 2 is 2.12 bits per heavy atom. The minimum absolute atomic E-state index is 0.0968. The van der Waals surface area contributed by atoms with Gasteiger partial charge in [0.05, 0.1) is 5.60 Å². The fraction of sp³-hybridized carbons (Fsp3) is 0.818. The maximum atomic E-state index is 11.7. The Balaban J connectivity index is 2.02. The van der Waals surface area contributed by atoms with Crippen LogP contribution in [0.3, 0.4) is 0 Å². The van der Waals surface area contributed by atoms with E-state index in [1.807, 2.05) is 5.43 Å². The van der Waals surface area contributed by atoms with Gasteiger partial charge < -0.3 is 10.0 Å². The maximum Gasteiger partial charge on any atom is 0.323 e. The largest absolute Gasteiger partial charge is 0.389 e. The number of hydrogen-bond acceptors (Lipinski definition) is 4. The van der Waals surface area contributed by atoms with E-state index in [2.05, 4.69) is 0 Å². The summed E-state index contributed by atoms with van der Waals surface area (Å²) in [6, 6.07) is 0. The molecule has 0 bridgehead atoms. The lowest BCUT2D eigenvalue weighted by atomic mass is 9.71. The zero-order chi connectivity index (χ0) is 12.5. The van der Waals surface area contributed by atoms with Gasteiger partial charge in [-0.15, -0.1) is 0 Å². The van der Waals surface area contributed by atoms with Crippen LogP contribution in [-0.4, -0.2) is 40.5 Å². The molecule has 96 valence electrons. The van der Waals surface area contributed by atoms with Crippen LogP contribution in [0.1, 0.15) is 32.1 Å². The van der Waals surface area contributed by atoms with Crippen LogP contribution in [0.15, 0.2) is 0 Å². The van der Waals surface area contributed by atoms with Gasteiger partial charge in [0, 0.05) is 19.0 Å². The van der Waals surface area contributed by atoms with Gasteiger partial charge in [-0.25, -0.2) is 5.84 Å². The van der Waals surface area contributed by atoms with Gasteiger partial charge >= 0.3 is 11.8 Å². The monoisotopic (exact) mass is 241 g/mol. The summed E-state index contributed by atoms with van der Waals surface area (Å²) in [6.07, 6.45) is 4.41. The van der Waals surface area contributed by atoms with Crippen LogP contribution >= 0.6 is 0 Å². The van der Waals surface area contributed by atoms with E-state index in [1.165, 1.54) is 4.90 Å². The molecular formula is C11H19N3O3. The number of nitrogens with zero attached hydrogens (tertiary/aromatic N) is 1. The van der Waals surface area contributed by atoms with Crippen LogP contribution in [0.5, 0.6) is 0 Å². The molecule has 2 fully saturated rings. The summed E-state index contributed by atoms with van der Waals surface area (Å²) >= 11 is 0. The summed E-state index contributed by atoms with van der Waals surface area (Å²) in [5.74, 6) is 3.65. The molecule has 1 saturated carbocycles. The van der Waals surface area contributed by atoms with Gasteiger partial charge in [0.15, 0.2) is 0 Å². The second-order valence-electron chi connectivity index (χ2n) is 5.02. The molecule has 0 radical (unpaired) electrons. The quantitative estimate of drug-likeness (QED) is 0.222. The number of piperidine rings is 1. The van der Waals surface area contributed by atoms with Crippen molar-refractivity contribution in [3.8, 4) is 0 Å². The molecule has 0 aromatic heterocycles. The number of hydrogen-bond donors (Lipinski definition) is 3. The molecule has 2 unspecified atom stereocenters. The zero-order valence-electron chi connectivity index (χ0n) is 9.82. The Labute approximate surface area is 100 Å². The molecule has 0 spiro atoms. The van der Waals surface area contributed by atoms with E-state index in [1.54, 1.807) is 0 Å². The second-order valence-corrected chi connectivity index (χ2v) is 5.02. The van der Waals surface area contributed by atoms with Crippen molar-refractivity contribution in [2.75, 3.05) is 13.1 Å². The van der Waals surface area contributed by atoms with Crippen LogP contribution < -0.4 is 11.3 Å². The summed E-state index contributed by atoms with van der Waals surface area (Å²) in [4.78, 5) is 24.3. The van der Waals surface area contributed by atoms with Crippen molar-refractivity contribution >= 4 is 11.8 Å². The molecule has 1 aliphatic carbocycles. The van der Waals surface area contributed by atoms with Crippen LogP contribution in [0, 0.1) is 5.92 Å². The molecule has 1 saturated heterocycles. The fourth-order valence-corrected chi connectivity index (χ4v) is 2.96. The van der Waals surface area contributed by atoms with E-state index in [0.29, 0.717) is 19.5 Å². The summed E-state index contributed by atoms with van der Waals surface area (Å²) in [7, 11) is 0. The summed E-state index contributed by atoms with van der Waals surface area (Å²) in [6.45, 7) is 0.891. The van der Waals surface area contributed by atoms with Crippen molar-refractivity contribution in [2.24, 2.45) is 11.8 Å². The second kappa shape index (κ2) is 4.62. The van der Waals surface area contributed by atoms with E-state index in [-0.39, 0.29) is 5.92 Å². The van der Waals surface area contributed by atoms with Crippen molar-refractivity contribution in [1.29, 1.82) is 0 Å². The summed E-state index contributed by atoms with van der Waals surface area (Å²) < 4.78 is 0. The number of nitrogens with two attached hydrogens (primary N) is 1. The molecule has 17 heavy (non-hydrogen) atoms. The number of carbonyl (C=O) groups is 2. The SMILES string of the molecule is NNC(=O)C(=O)N1CCC2(O)CCCCC2C1. The highest BCUT2D eigenvalue weighted by molar-refractivity contribution is 6.34. The first-order valence-corrected chi connectivity index (χ1v) is 6.09. The van der Waals surface area contributed by atoms with Gasteiger partial charge in [-0.3, -0.25) is 15.0 Å². The maximum absolute atomic E-state index is 11.7. The van der Waals surface area contributed by atoms with Crippen molar-refractivity contribution in [2.45, 2.75) is 37.7 Å². The predicted octanol–water partition coefficient (Wildman–Crippen LogP) is -0.870. The van der Waals surface area contributed by atoms with Crippen LogP contribution in [0.2, 0.25) is 0 Å². The first-order valence-electron chi connectivity index (χ1n) is 6.09. The molecule has 0 aromatic carbocycles. The van der Waals surface area contributed by atoms with Crippen LogP contribution in [0.4, 0.5) is 0 Å². The topological polar surface area (TPSA) is 95.7 Å². The van der Waals surface area contributed by atoms with Gasteiger partial charge in [-0.05, 0) is 19.3 Å². The molecule has 2 rings (SSSR count). The summed E-state index contributed by atoms with van der Waals surface area (Å²) in [5.41, 5.74) is 1.22. The standard InChI is InChI=1S/C11H19N3O3/c12-13-9(15)10(16)14-6-5-11(17)4-2-1-3-8(11)7-14/h8,17H,1-7,12H2,(H,13,15). The number of rotatable bonds is 0. The number of fused-ring (bicyclic) bond motifs is 1. The molecule has 6 heteroatoms. The molecular weight excluding hydrogens is 222 g/mol. The number of nitrogens with one attached hydrogen (secondary N) is 1. The van der Waals surface area contributed by atoms with E-state index in [9.17, 15) is 14.7 Å². The molecule has 4 N–H and O–H groups in total. The fourth-order valence-electron chi connectivity index (χ4n) is 2.96. The van der Waals surface area contributed by atoms with Crippen molar-refractivity contribution in [3.63, 3.8) is 0 Å². The van der Waals surface area contributed by atoms with Crippen molar-refractivity contribution in [1.82, 2.24) is 10.3 Å². The molecule has 0 aromatic rings. The third-order valence-corrected chi connectivity index (χ3v) is 4.04. The van der Waals surface area contributed by atoms with Gasteiger partial charge in [0.2, 0.25) is 0 Å². The number of carbonyl (C=O) groups excluding carboxylic acids is 2. The third kappa shape index (κ3) is 2.28. The van der Waals surface area contributed by atoms with Gasteiger partial charge in [0.25, 0.3) is 0 Å². The summed E-state index contributed by atoms with van der Waals surface area (Å²) in [5, 5.41) is 10.4. The lowest BCUT2D eigenvalue weighted by molar-refractivity contribution is -0.153. The number of amides is 2. The molecule has 6 nitrogen and oxygen atoms in total. The van der Waals surface area contributed by atoms with Gasteiger partial charge in [-0.2, -0.15) is 0 Å². The average molecular weight is 241 g/mol. The highest BCUT2D eigenvalue weighted by atomic mass is 16.3. The minimum Gasteiger partial charge on any atom is -0.389 e. The van der Waals surface area contributed by atoms with E-state index >= 15 is 0 Å². The Bertz CT molecular complexity index is 334. The lowest BCUT2D eigenvalue weighted by Gasteiger charge is -2.47. The molecule has 2 atom stereocenters. The number of hydrazine groups is 1. The molecule has 1 heterocycles. The van der Waals surface area contributed by atoms with Gasteiger partial charge in [-0.1, -0.05) is 12.8 Å². The van der Waals surface area contributed by atoms with E-state index in [0.717, 1.165) is 25.7 Å². The average Bonchev–Trinajstić information content (AvgIpc) is 2.35. The van der Waals surface area contributed by atoms with E-state index in [4.69, 9.17) is 5.84 Å². The normalized spacial score (nSPS) is 32.8. The van der Waals surface area contributed by atoms with Crippen LogP contribution in [0.25, 0.3) is 0 Å². The van der Waals surface area contributed by atoms with Gasteiger partial charge in [0.1, 0.15) is 0 Å². The molecule has 2 aliphatic rings. The van der Waals surface area contributed by atoms with Crippen molar-refractivity contribution in [3.05, 3.63) is 0 Å². The first-order chi connectivity index (χ1) is 8.07. The Kier molecular flexibility index (Phi) is 3.35. The smallest absolute Gasteiger partial charge is 0.323 e.